The van der Waals surface area contributed by atoms with Crippen molar-refractivity contribution in [2.24, 2.45) is 5.10 Å². The molecule has 1 heterocycles. The quantitative estimate of drug-likeness (QED) is 0.458. The first kappa shape index (κ1) is 19.2. The molecule has 0 saturated carbocycles. The Balaban J connectivity index is 1.69. The van der Waals surface area contributed by atoms with Crippen molar-refractivity contribution in [3.05, 3.63) is 71.4 Å². The summed E-state index contributed by atoms with van der Waals surface area (Å²) in [6.45, 7) is 2.56. The predicted molar refractivity (Wildman–Crippen MR) is 111 cm³/mol. The Morgan fingerprint density at radius 3 is 2.57 bits per heavy atom. The Morgan fingerprint density at radius 1 is 1.00 bits per heavy atom. The summed E-state index contributed by atoms with van der Waals surface area (Å²) in [5, 5.41) is 7.50. The van der Waals surface area contributed by atoms with E-state index in [1.54, 1.807) is 20.4 Å². The van der Waals surface area contributed by atoms with Gasteiger partial charge in [-0.3, -0.25) is 5.43 Å². The van der Waals surface area contributed by atoms with Gasteiger partial charge in [0.1, 0.15) is 11.5 Å². The van der Waals surface area contributed by atoms with Crippen LogP contribution >= 0.6 is 0 Å². The van der Waals surface area contributed by atoms with Crippen molar-refractivity contribution in [1.29, 1.82) is 0 Å². The van der Waals surface area contributed by atoms with Gasteiger partial charge in [-0.05, 0) is 30.7 Å². The number of hydrogen-bond acceptors (Lipinski definition) is 7. The van der Waals surface area contributed by atoms with Crippen LogP contribution in [0.25, 0.3) is 0 Å². The van der Waals surface area contributed by atoms with Gasteiger partial charge < -0.3 is 14.8 Å². The van der Waals surface area contributed by atoms with E-state index in [9.17, 15) is 0 Å². The maximum absolute atomic E-state index is 5.35. The fraction of sp³-hybridized carbons (Fsp3) is 0.190. The number of benzene rings is 2. The third kappa shape index (κ3) is 5.20. The van der Waals surface area contributed by atoms with Gasteiger partial charge in [-0.2, -0.15) is 10.1 Å². The zero-order valence-electron chi connectivity index (χ0n) is 16.1. The Morgan fingerprint density at radius 2 is 1.82 bits per heavy atom. The number of anilines is 2. The van der Waals surface area contributed by atoms with Crippen molar-refractivity contribution in [2.75, 3.05) is 25.0 Å². The first-order chi connectivity index (χ1) is 13.7. The minimum atomic E-state index is 0.542. The van der Waals surface area contributed by atoms with Gasteiger partial charge in [0, 0.05) is 23.9 Å². The summed E-state index contributed by atoms with van der Waals surface area (Å²) in [4.78, 5) is 8.87. The Kier molecular flexibility index (Phi) is 6.41. The van der Waals surface area contributed by atoms with E-state index in [1.165, 1.54) is 0 Å². The fourth-order valence-electron chi connectivity index (χ4n) is 2.59. The second kappa shape index (κ2) is 9.36. The van der Waals surface area contributed by atoms with E-state index in [0.29, 0.717) is 24.1 Å². The summed E-state index contributed by atoms with van der Waals surface area (Å²) in [6, 6.07) is 17.4. The average molecular weight is 377 g/mol. The normalized spacial score (nSPS) is 10.7. The van der Waals surface area contributed by atoms with Gasteiger partial charge in [0.05, 0.1) is 20.4 Å². The Labute approximate surface area is 164 Å². The molecule has 0 amide bonds. The number of rotatable bonds is 8. The smallest absolute Gasteiger partial charge is 0.225 e. The molecule has 2 N–H and O–H groups in total. The van der Waals surface area contributed by atoms with Crippen LogP contribution in [0.3, 0.4) is 0 Å². The van der Waals surface area contributed by atoms with Crippen molar-refractivity contribution < 1.29 is 9.47 Å². The van der Waals surface area contributed by atoms with E-state index >= 15 is 0 Å². The third-order valence-electron chi connectivity index (χ3n) is 3.97. The molecule has 7 heteroatoms. The molecule has 0 aliphatic carbocycles. The van der Waals surface area contributed by atoms with Crippen LogP contribution in [-0.2, 0) is 6.54 Å². The zero-order chi connectivity index (χ0) is 19.8. The van der Waals surface area contributed by atoms with Crippen LogP contribution in [0.1, 0.15) is 16.8 Å². The molecule has 0 unspecified atom stereocenters. The first-order valence-corrected chi connectivity index (χ1v) is 8.82. The minimum absolute atomic E-state index is 0.542. The summed E-state index contributed by atoms with van der Waals surface area (Å²) in [5.41, 5.74) is 5.73. The number of aromatic nitrogens is 2. The fourth-order valence-corrected chi connectivity index (χ4v) is 2.59. The molecule has 0 radical (unpaired) electrons. The second-order valence-electron chi connectivity index (χ2n) is 6.04. The minimum Gasteiger partial charge on any atom is -0.497 e. The van der Waals surface area contributed by atoms with Gasteiger partial charge in [0.15, 0.2) is 5.82 Å². The van der Waals surface area contributed by atoms with Gasteiger partial charge in [0.25, 0.3) is 0 Å². The summed E-state index contributed by atoms with van der Waals surface area (Å²) in [6.07, 6.45) is 1.66. The van der Waals surface area contributed by atoms with E-state index in [2.05, 4.69) is 25.8 Å². The highest BCUT2D eigenvalue weighted by Crippen LogP contribution is 2.22. The van der Waals surface area contributed by atoms with Crippen LogP contribution < -0.4 is 20.2 Å². The van der Waals surface area contributed by atoms with E-state index in [1.807, 2.05) is 61.5 Å². The third-order valence-corrected chi connectivity index (χ3v) is 3.97. The number of hydrazone groups is 1. The molecule has 3 rings (SSSR count). The van der Waals surface area contributed by atoms with Crippen molar-refractivity contribution in [2.45, 2.75) is 13.5 Å². The van der Waals surface area contributed by atoms with E-state index in [0.717, 1.165) is 22.6 Å². The van der Waals surface area contributed by atoms with E-state index < -0.39 is 0 Å². The number of hydrogen-bond donors (Lipinski definition) is 2. The van der Waals surface area contributed by atoms with Gasteiger partial charge in [-0.25, -0.2) is 4.98 Å². The lowest BCUT2D eigenvalue weighted by molar-refractivity contribution is 0.402. The highest BCUT2D eigenvalue weighted by Gasteiger charge is 2.04. The molecule has 0 saturated heterocycles. The number of ether oxygens (including phenoxy) is 2. The molecular formula is C21H23N5O2. The monoisotopic (exact) mass is 377 g/mol. The summed E-state index contributed by atoms with van der Waals surface area (Å²) >= 11 is 0. The zero-order valence-corrected chi connectivity index (χ0v) is 16.1. The predicted octanol–water partition coefficient (Wildman–Crippen LogP) is 3.86. The lowest BCUT2D eigenvalue weighted by atomic mass is 10.2. The maximum Gasteiger partial charge on any atom is 0.225 e. The van der Waals surface area contributed by atoms with Crippen LogP contribution in [0.4, 0.5) is 11.8 Å². The molecule has 28 heavy (non-hydrogen) atoms. The van der Waals surface area contributed by atoms with Crippen LogP contribution in [0.5, 0.6) is 11.5 Å². The topological polar surface area (TPSA) is 80.7 Å². The molecule has 0 spiro atoms. The van der Waals surface area contributed by atoms with Crippen molar-refractivity contribution in [3.63, 3.8) is 0 Å². The highest BCUT2D eigenvalue weighted by molar-refractivity contribution is 5.84. The van der Waals surface area contributed by atoms with E-state index in [-0.39, 0.29) is 0 Å². The van der Waals surface area contributed by atoms with Crippen molar-refractivity contribution in [1.82, 2.24) is 9.97 Å². The van der Waals surface area contributed by atoms with Crippen molar-refractivity contribution >= 4 is 18.0 Å². The van der Waals surface area contributed by atoms with Gasteiger partial charge in [-0.1, -0.05) is 30.3 Å². The molecule has 0 aliphatic rings. The largest absolute Gasteiger partial charge is 0.497 e. The number of methoxy groups -OCH3 is 2. The maximum atomic E-state index is 5.35. The average Bonchev–Trinajstić information content (AvgIpc) is 2.72. The lowest BCUT2D eigenvalue weighted by Gasteiger charge is -2.08. The number of aryl methyl sites for hydroxylation is 1. The van der Waals surface area contributed by atoms with Gasteiger partial charge in [-0.15, -0.1) is 0 Å². The van der Waals surface area contributed by atoms with Crippen LogP contribution in [0.15, 0.2) is 59.7 Å². The van der Waals surface area contributed by atoms with E-state index in [4.69, 9.17) is 9.47 Å². The molecule has 7 nitrogen and oxygen atoms in total. The molecule has 0 bridgehead atoms. The summed E-state index contributed by atoms with van der Waals surface area (Å²) < 4.78 is 10.6. The number of nitrogens with zero attached hydrogens (tertiary/aromatic N) is 3. The highest BCUT2D eigenvalue weighted by atomic mass is 16.5. The second-order valence-corrected chi connectivity index (χ2v) is 6.04. The SMILES string of the molecule is COc1ccc(OC)c(/C=N\Nc2cc(C)nc(NCc3ccccc3)n2)c1. The molecule has 0 aliphatic heterocycles. The van der Waals surface area contributed by atoms with Gasteiger partial charge in [0.2, 0.25) is 5.95 Å². The van der Waals surface area contributed by atoms with Gasteiger partial charge >= 0.3 is 0 Å². The summed E-state index contributed by atoms with van der Waals surface area (Å²) in [5.74, 6) is 2.57. The van der Waals surface area contributed by atoms with Crippen LogP contribution in [0.2, 0.25) is 0 Å². The molecular weight excluding hydrogens is 354 g/mol. The first-order valence-electron chi connectivity index (χ1n) is 8.82. The van der Waals surface area contributed by atoms with Crippen molar-refractivity contribution in [3.8, 4) is 11.5 Å². The molecule has 1 aromatic heterocycles. The molecule has 3 aromatic rings. The standard InChI is InChI=1S/C21H23N5O2/c1-15-11-20(25-21(24-15)22-13-16-7-5-4-6-8-16)26-23-14-17-12-18(27-2)9-10-19(17)28-3/h4-12,14H,13H2,1-3H3,(H2,22,24,25,26)/b23-14-. The number of nitrogens with one attached hydrogen (secondary N) is 2. The molecule has 0 fully saturated rings. The molecule has 0 atom stereocenters. The molecule has 144 valence electrons. The lowest BCUT2D eigenvalue weighted by Crippen LogP contribution is -2.06. The Bertz CT molecular complexity index is 945. The summed E-state index contributed by atoms with van der Waals surface area (Å²) in [7, 11) is 3.24. The molecule has 2 aromatic carbocycles. The Hall–Kier alpha value is -3.61. The van der Waals surface area contributed by atoms with Crippen LogP contribution in [-0.4, -0.2) is 30.4 Å². The van der Waals surface area contributed by atoms with Crippen LogP contribution in [0, 0.1) is 6.92 Å².